The van der Waals surface area contributed by atoms with Crippen LogP contribution < -0.4 is 15.6 Å². The molecule has 138 valence electrons. The Morgan fingerprint density at radius 1 is 1.31 bits per heavy atom. The maximum Gasteiger partial charge on any atom is 0.426 e. The fourth-order valence-electron chi connectivity index (χ4n) is 2.30. The van der Waals surface area contributed by atoms with E-state index >= 15 is 0 Å². The van der Waals surface area contributed by atoms with Crippen LogP contribution in [0, 0.1) is 6.92 Å². The summed E-state index contributed by atoms with van der Waals surface area (Å²) in [5.41, 5.74) is 5.23. The minimum atomic E-state index is -0.810. The molecule has 0 saturated heterocycles. The number of rotatable bonds is 5. The number of amides is 2. The van der Waals surface area contributed by atoms with E-state index < -0.39 is 12.0 Å². The number of ether oxygens (including phenoxy) is 2. The van der Waals surface area contributed by atoms with Gasteiger partial charge in [-0.15, -0.1) is 0 Å². The molecule has 0 aliphatic rings. The first kappa shape index (κ1) is 19.3. The lowest BCUT2D eigenvalue weighted by molar-refractivity contribution is 0.0912. The van der Waals surface area contributed by atoms with Crippen molar-refractivity contribution < 1.29 is 28.3 Å². The Hall–Kier alpha value is -3.00. The molecule has 0 fully saturated rings. The van der Waals surface area contributed by atoms with E-state index in [1.165, 1.54) is 25.3 Å². The van der Waals surface area contributed by atoms with E-state index in [0.717, 1.165) is 0 Å². The topological polar surface area (TPSA) is 107 Å². The van der Waals surface area contributed by atoms with E-state index in [-0.39, 0.29) is 34.5 Å². The van der Waals surface area contributed by atoms with Gasteiger partial charge in [0.15, 0.2) is 12.0 Å². The number of carbonyl (C=O) groups is 3. The van der Waals surface area contributed by atoms with Crippen molar-refractivity contribution in [2.75, 3.05) is 13.7 Å². The number of hydrazine groups is 1. The third-order valence-electron chi connectivity index (χ3n) is 3.48. The van der Waals surface area contributed by atoms with Crippen molar-refractivity contribution in [1.29, 1.82) is 0 Å². The van der Waals surface area contributed by atoms with E-state index in [0.29, 0.717) is 17.4 Å². The van der Waals surface area contributed by atoms with Gasteiger partial charge < -0.3 is 13.9 Å². The Balaban J connectivity index is 2.52. The van der Waals surface area contributed by atoms with Crippen LogP contribution in [0.25, 0.3) is 11.3 Å². The van der Waals surface area contributed by atoms with Crippen molar-refractivity contribution in [2.45, 2.75) is 13.8 Å². The number of benzene rings is 1. The number of furan rings is 1. The van der Waals surface area contributed by atoms with Gasteiger partial charge in [-0.3, -0.25) is 15.0 Å². The van der Waals surface area contributed by atoms with Gasteiger partial charge in [-0.25, -0.2) is 10.2 Å². The van der Waals surface area contributed by atoms with Crippen molar-refractivity contribution in [3.63, 3.8) is 0 Å². The number of halogens is 1. The maximum atomic E-state index is 12.7. The molecule has 2 amide bonds. The van der Waals surface area contributed by atoms with Gasteiger partial charge in [0, 0.05) is 5.02 Å². The van der Waals surface area contributed by atoms with Crippen LogP contribution in [-0.2, 0) is 4.74 Å². The molecule has 0 spiro atoms. The van der Waals surface area contributed by atoms with Gasteiger partial charge in [-0.1, -0.05) is 11.6 Å². The van der Waals surface area contributed by atoms with Gasteiger partial charge in [-0.05, 0) is 37.6 Å². The van der Waals surface area contributed by atoms with Gasteiger partial charge >= 0.3 is 6.09 Å². The summed E-state index contributed by atoms with van der Waals surface area (Å²) in [7, 11) is 1.41. The summed E-state index contributed by atoms with van der Waals surface area (Å²) in [6.45, 7) is 3.42. The zero-order valence-electron chi connectivity index (χ0n) is 14.3. The molecule has 0 saturated carbocycles. The average Bonchev–Trinajstić information content (AvgIpc) is 3.10. The minimum Gasteiger partial charge on any atom is -0.496 e. The van der Waals surface area contributed by atoms with Crippen LogP contribution in [0.5, 0.6) is 5.75 Å². The second-order valence-corrected chi connectivity index (χ2v) is 5.46. The predicted molar refractivity (Wildman–Crippen MR) is 93.5 cm³/mol. The molecular formula is C17H17ClN2O6. The molecule has 1 aromatic heterocycles. The number of nitrogens with one attached hydrogen (secondary N) is 2. The number of hydrogen-bond acceptors (Lipinski definition) is 6. The van der Waals surface area contributed by atoms with Crippen molar-refractivity contribution in [3.8, 4) is 17.1 Å². The van der Waals surface area contributed by atoms with E-state index in [1.807, 2.05) is 0 Å². The van der Waals surface area contributed by atoms with Crippen LogP contribution in [0.15, 0.2) is 22.6 Å². The lowest BCUT2D eigenvalue weighted by Gasteiger charge is -2.16. The van der Waals surface area contributed by atoms with Crippen molar-refractivity contribution >= 4 is 29.9 Å². The number of aldehydes is 1. The van der Waals surface area contributed by atoms with Crippen LogP contribution in [0.3, 0.4) is 0 Å². The number of carbonyl (C=O) groups excluding carboxylic acids is 3. The Bertz CT molecular complexity index is 846. The molecule has 0 atom stereocenters. The molecule has 1 aromatic carbocycles. The van der Waals surface area contributed by atoms with Gasteiger partial charge in [0.1, 0.15) is 11.5 Å². The summed E-state index contributed by atoms with van der Waals surface area (Å²) in [5, 5.41) is 0.286. The average molecular weight is 381 g/mol. The molecule has 1 heterocycles. The molecule has 26 heavy (non-hydrogen) atoms. The van der Waals surface area contributed by atoms with Crippen LogP contribution in [0.1, 0.15) is 33.4 Å². The molecule has 2 rings (SSSR count). The smallest absolute Gasteiger partial charge is 0.426 e. The first-order valence-electron chi connectivity index (χ1n) is 7.58. The Labute approximate surface area is 154 Å². The number of methoxy groups -OCH3 is 1. The molecule has 0 unspecified atom stereocenters. The zero-order valence-corrected chi connectivity index (χ0v) is 15.1. The highest BCUT2D eigenvalue weighted by Gasteiger charge is 2.25. The highest BCUT2D eigenvalue weighted by molar-refractivity contribution is 6.32. The van der Waals surface area contributed by atoms with E-state index in [9.17, 15) is 14.4 Å². The Morgan fingerprint density at radius 2 is 2.04 bits per heavy atom. The zero-order chi connectivity index (χ0) is 19.3. The molecule has 2 N–H and O–H groups in total. The third kappa shape index (κ3) is 3.97. The van der Waals surface area contributed by atoms with Crippen LogP contribution in [0.4, 0.5) is 4.79 Å². The second kappa shape index (κ2) is 8.39. The van der Waals surface area contributed by atoms with Gasteiger partial charge in [-0.2, -0.15) is 0 Å². The summed E-state index contributed by atoms with van der Waals surface area (Å²) in [6, 6.07) is 4.53. The second-order valence-electron chi connectivity index (χ2n) is 5.06. The monoisotopic (exact) mass is 380 g/mol. The van der Waals surface area contributed by atoms with E-state index in [2.05, 4.69) is 15.6 Å². The molecule has 0 bridgehead atoms. The largest absolute Gasteiger partial charge is 0.496 e. The molecule has 0 radical (unpaired) electrons. The highest BCUT2D eigenvalue weighted by Crippen LogP contribution is 2.39. The fraction of sp³-hybridized carbons (Fsp3) is 0.235. The highest BCUT2D eigenvalue weighted by atomic mass is 35.5. The standard InChI is InChI=1S/C17H17ClN2O6/c1-4-25-17(23)20-19-16(22)14-9(2)11(18)7-13(24-3)15(14)12-6-5-10(8-21)26-12/h5-8H,4H2,1-3H3,(H,19,22)(H,20,23). The SMILES string of the molecule is CCOC(=O)NNC(=O)c1c(C)c(Cl)cc(OC)c1-c1ccc(C=O)o1. The fourth-order valence-corrected chi connectivity index (χ4v) is 2.50. The van der Waals surface area contributed by atoms with Crippen LogP contribution in [-0.4, -0.2) is 32.0 Å². The van der Waals surface area contributed by atoms with Gasteiger partial charge in [0.25, 0.3) is 5.91 Å². The normalized spacial score (nSPS) is 10.2. The molecule has 0 aliphatic heterocycles. The molecule has 0 aliphatic carbocycles. The summed E-state index contributed by atoms with van der Waals surface area (Å²) >= 11 is 6.19. The minimum absolute atomic E-state index is 0.0886. The van der Waals surface area contributed by atoms with E-state index in [4.69, 9.17) is 20.8 Å². The molecule has 8 nitrogen and oxygen atoms in total. The summed E-state index contributed by atoms with van der Waals surface area (Å²) in [5.74, 6) is -0.0558. The number of hydrogen-bond donors (Lipinski definition) is 2. The predicted octanol–water partition coefficient (Wildman–Crippen LogP) is 3.12. The van der Waals surface area contributed by atoms with Crippen LogP contribution >= 0.6 is 11.6 Å². The van der Waals surface area contributed by atoms with Crippen molar-refractivity contribution in [1.82, 2.24) is 10.9 Å². The molecule has 2 aromatic rings. The molecule has 9 heteroatoms. The van der Waals surface area contributed by atoms with Crippen LogP contribution in [0.2, 0.25) is 5.02 Å². The third-order valence-corrected chi connectivity index (χ3v) is 3.87. The van der Waals surface area contributed by atoms with Crippen molar-refractivity contribution in [2.24, 2.45) is 0 Å². The lowest BCUT2D eigenvalue weighted by Crippen LogP contribution is -2.42. The quantitative estimate of drug-likeness (QED) is 0.609. The van der Waals surface area contributed by atoms with Gasteiger partial charge in [0.2, 0.25) is 0 Å². The van der Waals surface area contributed by atoms with Crippen molar-refractivity contribution in [3.05, 3.63) is 40.1 Å². The summed E-state index contributed by atoms with van der Waals surface area (Å²) in [4.78, 5) is 35.0. The first-order valence-corrected chi connectivity index (χ1v) is 7.96. The lowest BCUT2D eigenvalue weighted by atomic mass is 9.98. The Kier molecular flexibility index (Phi) is 6.24. The summed E-state index contributed by atoms with van der Waals surface area (Å²) < 4.78 is 15.4. The Morgan fingerprint density at radius 3 is 2.62 bits per heavy atom. The first-order chi connectivity index (χ1) is 12.4. The van der Waals surface area contributed by atoms with E-state index in [1.54, 1.807) is 13.8 Å². The molecular weight excluding hydrogens is 364 g/mol. The van der Waals surface area contributed by atoms with Gasteiger partial charge in [0.05, 0.1) is 24.8 Å². The summed E-state index contributed by atoms with van der Waals surface area (Å²) in [6.07, 6.45) is -0.267. The maximum absolute atomic E-state index is 12.7.